The van der Waals surface area contributed by atoms with E-state index in [1.807, 2.05) is 36.4 Å². The zero-order valence-corrected chi connectivity index (χ0v) is 15.4. The molecule has 27 heavy (non-hydrogen) atoms. The van der Waals surface area contributed by atoms with E-state index in [0.29, 0.717) is 6.54 Å². The number of nitrogens with one attached hydrogen (secondary N) is 2. The molecule has 1 saturated heterocycles. The van der Waals surface area contributed by atoms with Crippen molar-refractivity contribution in [2.24, 2.45) is 0 Å². The average molecular weight is 367 g/mol. The summed E-state index contributed by atoms with van der Waals surface area (Å²) < 4.78 is 10.7. The first-order chi connectivity index (χ1) is 13.3. The summed E-state index contributed by atoms with van der Waals surface area (Å²) in [5, 5.41) is 6.24. The molecule has 2 aliphatic rings. The molecule has 2 aromatic carbocycles. The standard InChI is InChI=1S/C21H25N3O3/c25-21(14-22-13-16-8-9-19-20(12-16)27-15-26-19)23-17-6-2-3-7-18(17)24-10-4-1-5-11-24/h2-3,6-9,12,22H,1,4-5,10-11,13-15H2,(H,23,25). The Kier molecular flexibility index (Phi) is 5.44. The Balaban J connectivity index is 1.31. The van der Waals surface area contributed by atoms with Crippen molar-refractivity contribution < 1.29 is 14.3 Å². The van der Waals surface area contributed by atoms with Crippen LogP contribution in [0.25, 0.3) is 0 Å². The third-order valence-corrected chi connectivity index (χ3v) is 4.93. The van der Waals surface area contributed by atoms with E-state index < -0.39 is 0 Å². The molecule has 4 rings (SSSR count). The van der Waals surface area contributed by atoms with Gasteiger partial charge in [-0.15, -0.1) is 0 Å². The van der Waals surface area contributed by atoms with Crippen LogP contribution < -0.4 is 25.0 Å². The van der Waals surface area contributed by atoms with E-state index in [4.69, 9.17) is 9.47 Å². The molecule has 2 aliphatic heterocycles. The summed E-state index contributed by atoms with van der Waals surface area (Å²) in [4.78, 5) is 14.7. The third kappa shape index (κ3) is 4.34. The van der Waals surface area contributed by atoms with Crippen LogP contribution in [0.5, 0.6) is 11.5 Å². The van der Waals surface area contributed by atoms with Gasteiger partial charge in [-0.2, -0.15) is 0 Å². The molecule has 2 heterocycles. The number of hydrogen-bond acceptors (Lipinski definition) is 5. The van der Waals surface area contributed by atoms with Crippen molar-refractivity contribution in [2.45, 2.75) is 25.8 Å². The highest BCUT2D eigenvalue weighted by Crippen LogP contribution is 2.32. The van der Waals surface area contributed by atoms with Crippen molar-refractivity contribution in [3.8, 4) is 11.5 Å². The monoisotopic (exact) mass is 367 g/mol. The number of carbonyl (C=O) groups excluding carboxylic acids is 1. The summed E-state index contributed by atoms with van der Waals surface area (Å²) in [7, 11) is 0. The minimum Gasteiger partial charge on any atom is -0.454 e. The average Bonchev–Trinajstić information content (AvgIpc) is 3.17. The number of carbonyl (C=O) groups is 1. The van der Waals surface area contributed by atoms with Gasteiger partial charge in [0.2, 0.25) is 12.7 Å². The van der Waals surface area contributed by atoms with Gasteiger partial charge in [0.05, 0.1) is 17.9 Å². The minimum atomic E-state index is -0.0415. The predicted octanol–water partition coefficient (Wildman–Crippen LogP) is 3.13. The number of anilines is 2. The van der Waals surface area contributed by atoms with Gasteiger partial charge in [0, 0.05) is 19.6 Å². The van der Waals surface area contributed by atoms with Crippen molar-refractivity contribution in [1.82, 2.24) is 5.32 Å². The van der Waals surface area contributed by atoms with E-state index >= 15 is 0 Å². The van der Waals surface area contributed by atoms with Gasteiger partial charge in [-0.3, -0.25) is 4.79 Å². The van der Waals surface area contributed by atoms with Crippen LogP contribution in [-0.4, -0.2) is 32.3 Å². The number of ether oxygens (including phenoxy) is 2. The SMILES string of the molecule is O=C(CNCc1ccc2c(c1)OCO2)Nc1ccccc1N1CCCCC1. The number of benzene rings is 2. The van der Waals surface area contributed by atoms with Gasteiger partial charge in [0.1, 0.15) is 0 Å². The Bertz CT molecular complexity index is 803. The van der Waals surface area contributed by atoms with Crippen LogP contribution in [0.1, 0.15) is 24.8 Å². The van der Waals surface area contributed by atoms with Crippen LogP contribution in [0.15, 0.2) is 42.5 Å². The van der Waals surface area contributed by atoms with Crippen LogP contribution in [0.4, 0.5) is 11.4 Å². The molecule has 0 aromatic heterocycles. The summed E-state index contributed by atoms with van der Waals surface area (Å²) >= 11 is 0. The fourth-order valence-corrected chi connectivity index (χ4v) is 3.56. The Hall–Kier alpha value is -2.73. The molecule has 0 radical (unpaired) electrons. The van der Waals surface area contributed by atoms with E-state index in [9.17, 15) is 4.79 Å². The number of fused-ring (bicyclic) bond motifs is 1. The summed E-state index contributed by atoms with van der Waals surface area (Å²) in [6.45, 7) is 3.22. The van der Waals surface area contributed by atoms with E-state index in [0.717, 1.165) is 41.5 Å². The predicted molar refractivity (Wildman–Crippen MR) is 105 cm³/mol. The smallest absolute Gasteiger partial charge is 0.238 e. The first kappa shape index (κ1) is 17.7. The van der Waals surface area contributed by atoms with Gasteiger partial charge >= 0.3 is 0 Å². The highest BCUT2D eigenvalue weighted by atomic mass is 16.7. The van der Waals surface area contributed by atoms with Crippen molar-refractivity contribution in [3.63, 3.8) is 0 Å². The van der Waals surface area contributed by atoms with Gasteiger partial charge < -0.3 is 25.0 Å². The molecule has 0 saturated carbocycles. The fraction of sp³-hybridized carbons (Fsp3) is 0.381. The molecular weight excluding hydrogens is 342 g/mol. The van der Waals surface area contributed by atoms with Gasteiger partial charge in [0.25, 0.3) is 0 Å². The molecule has 0 spiro atoms. The summed E-state index contributed by atoms with van der Waals surface area (Å²) in [6, 6.07) is 13.9. The van der Waals surface area contributed by atoms with E-state index in [-0.39, 0.29) is 19.2 Å². The Labute approximate surface area is 159 Å². The lowest BCUT2D eigenvalue weighted by atomic mass is 10.1. The van der Waals surface area contributed by atoms with E-state index in [1.165, 1.54) is 19.3 Å². The number of hydrogen-bond donors (Lipinski definition) is 2. The highest BCUT2D eigenvalue weighted by Gasteiger charge is 2.16. The maximum Gasteiger partial charge on any atom is 0.238 e. The lowest BCUT2D eigenvalue weighted by molar-refractivity contribution is -0.115. The second-order valence-corrected chi connectivity index (χ2v) is 6.90. The summed E-state index contributed by atoms with van der Waals surface area (Å²) in [5.74, 6) is 1.49. The number of piperidine rings is 1. The minimum absolute atomic E-state index is 0.0415. The van der Waals surface area contributed by atoms with Crippen LogP contribution in [0.2, 0.25) is 0 Å². The first-order valence-corrected chi connectivity index (χ1v) is 9.53. The number of amides is 1. The first-order valence-electron chi connectivity index (χ1n) is 9.53. The molecule has 0 unspecified atom stereocenters. The molecular formula is C21H25N3O3. The van der Waals surface area contributed by atoms with Crippen molar-refractivity contribution in [3.05, 3.63) is 48.0 Å². The zero-order chi connectivity index (χ0) is 18.5. The molecule has 1 fully saturated rings. The molecule has 0 atom stereocenters. The number of rotatable bonds is 6. The lowest BCUT2D eigenvalue weighted by Crippen LogP contribution is -2.32. The highest BCUT2D eigenvalue weighted by molar-refractivity contribution is 5.95. The second-order valence-electron chi connectivity index (χ2n) is 6.90. The largest absolute Gasteiger partial charge is 0.454 e. The zero-order valence-electron chi connectivity index (χ0n) is 15.4. The quantitative estimate of drug-likeness (QED) is 0.821. The molecule has 2 aromatic rings. The summed E-state index contributed by atoms with van der Waals surface area (Å²) in [6.07, 6.45) is 3.70. The number of nitrogens with zero attached hydrogens (tertiary/aromatic N) is 1. The topological polar surface area (TPSA) is 62.8 Å². The second kappa shape index (κ2) is 8.31. The molecule has 6 nitrogen and oxygen atoms in total. The molecule has 0 bridgehead atoms. The van der Waals surface area contributed by atoms with Gasteiger partial charge in [0.15, 0.2) is 11.5 Å². The molecule has 142 valence electrons. The van der Waals surface area contributed by atoms with Gasteiger partial charge in [-0.05, 0) is 49.1 Å². The van der Waals surface area contributed by atoms with Gasteiger partial charge in [-0.1, -0.05) is 18.2 Å². The fourth-order valence-electron chi connectivity index (χ4n) is 3.56. The normalized spacial score (nSPS) is 15.6. The Morgan fingerprint density at radius 3 is 2.70 bits per heavy atom. The lowest BCUT2D eigenvalue weighted by Gasteiger charge is -2.30. The maximum absolute atomic E-state index is 12.4. The van der Waals surface area contributed by atoms with Crippen LogP contribution in [0, 0.1) is 0 Å². The Morgan fingerprint density at radius 2 is 1.81 bits per heavy atom. The Morgan fingerprint density at radius 1 is 1.00 bits per heavy atom. The van der Waals surface area contributed by atoms with E-state index in [1.54, 1.807) is 0 Å². The molecule has 2 N–H and O–H groups in total. The molecule has 1 amide bonds. The molecule has 0 aliphatic carbocycles. The number of para-hydroxylation sites is 2. The maximum atomic E-state index is 12.4. The van der Waals surface area contributed by atoms with Crippen molar-refractivity contribution >= 4 is 17.3 Å². The van der Waals surface area contributed by atoms with Crippen LogP contribution >= 0.6 is 0 Å². The van der Waals surface area contributed by atoms with Gasteiger partial charge in [-0.25, -0.2) is 0 Å². The van der Waals surface area contributed by atoms with Crippen LogP contribution in [-0.2, 0) is 11.3 Å². The summed E-state index contributed by atoms with van der Waals surface area (Å²) in [5.41, 5.74) is 3.05. The third-order valence-electron chi connectivity index (χ3n) is 4.93. The van der Waals surface area contributed by atoms with Crippen molar-refractivity contribution in [1.29, 1.82) is 0 Å². The van der Waals surface area contributed by atoms with Crippen molar-refractivity contribution in [2.75, 3.05) is 36.6 Å². The molecule has 6 heteroatoms. The van der Waals surface area contributed by atoms with E-state index in [2.05, 4.69) is 21.6 Å². The van der Waals surface area contributed by atoms with Crippen LogP contribution in [0.3, 0.4) is 0 Å².